The van der Waals surface area contributed by atoms with Crippen molar-refractivity contribution in [1.29, 1.82) is 0 Å². The highest BCUT2D eigenvalue weighted by Gasteiger charge is 2.38. The summed E-state index contributed by atoms with van der Waals surface area (Å²) < 4.78 is 0. The lowest BCUT2D eigenvalue weighted by Crippen LogP contribution is -2.52. The lowest BCUT2D eigenvalue weighted by atomic mass is 9.80. The molecule has 0 spiro atoms. The summed E-state index contributed by atoms with van der Waals surface area (Å²) in [5, 5.41) is 0. The highest BCUT2D eigenvalue weighted by molar-refractivity contribution is 5.83. The predicted octanol–water partition coefficient (Wildman–Crippen LogP) is 2.87. The molecule has 0 aromatic heterocycles. The van der Waals surface area contributed by atoms with Gasteiger partial charge in [0.1, 0.15) is 0 Å². The molecule has 1 aliphatic heterocycles. The maximum atomic E-state index is 13.0. The fourth-order valence-electron chi connectivity index (χ4n) is 3.77. The van der Waals surface area contributed by atoms with E-state index in [-0.39, 0.29) is 11.3 Å². The monoisotopic (exact) mass is 331 g/mol. The molecular formula is C20H33N3O. The number of amides is 1. The van der Waals surface area contributed by atoms with Gasteiger partial charge >= 0.3 is 0 Å². The molecule has 2 rings (SSSR count). The van der Waals surface area contributed by atoms with Gasteiger partial charge in [0.2, 0.25) is 5.91 Å². The molecule has 1 aromatic rings. The largest absolute Gasteiger partial charge is 0.342 e. The highest BCUT2D eigenvalue weighted by Crippen LogP contribution is 2.29. The predicted molar refractivity (Wildman–Crippen MR) is 99.6 cm³/mol. The summed E-state index contributed by atoms with van der Waals surface area (Å²) in [6.07, 6.45) is 3.72. The van der Waals surface area contributed by atoms with Crippen molar-refractivity contribution >= 4 is 5.91 Å². The minimum atomic E-state index is -0.379. The second-order valence-electron chi connectivity index (χ2n) is 7.10. The van der Waals surface area contributed by atoms with Gasteiger partial charge in [-0.05, 0) is 31.2 Å². The van der Waals surface area contributed by atoms with Crippen molar-refractivity contribution in [2.75, 3.05) is 26.7 Å². The Morgan fingerprint density at radius 2 is 1.79 bits per heavy atom. The summed E-state index contributed by atoms with van der Waals surface area (Å²) in [5.74, 6) is 0.233. The molecule has 1 saturated heterocycles. The van der Waals surface area contributed by atoms with Gasteiger partial charge in [0.15, 0.2) is 0 Å². The van der Waals surface area contributed by atoms with Crippen molar-refractivity contribution in [3.05, 3.63) is 35.9 Å². The van der Waals surface area contributed by atoms with Gasteiger partial charge in [-0.15, -0.1) is 0 Å². The standard InChI is InChI=1S/C20H33N3O/c1-4-20(5-2,16-21)19(24)22(3)18-11-13-23(14-12-18)15-17-9-7-6-8-10-17/h6-10,18H,4-5,11-16,21H2,1-3H3. The molecule has 0 bridgehead atoms. The second-order valence-corrected chi connectivity index (χ2v) is 7.10. The molecule has 0 unspecified atom stereocenters. The molecule has 0 radical (unpaired) electrons. The topological polar surface area (TPSA) is 49.6 Å². The van der Waals surface area contributed by atoms with Gasteiger partial charge in [-0.2, -0.15) is 0 Å². The third-order valence-corrected chi connectivity index (χ3v) is 5.87. The number of likely N-dealkylation sites (tertiary alicyclic amines) is 1. The van der Waals surface area contributed by atoms with Crippen LogP contribution in [0.3, 0.4) is 0 Å². The Morgan fingerprint density at radius 3 is 2.29 bits per heavy atom. The van der Waals surface area contributed by atoms with E-state index in [1.54, 1.807) is 0 Å². The van der Waals surface area contributed by atoms with E-state index in [9.17, 15) is 4.79 Å². The Hall–Kier alpha value is -1.39. The number of nitrogens with two attached hydrogens (primary N) is 1. The zero-order valence-corrected chi connectivity index (χ0v) is 15.5. The molecule has 0 atom stereocenters. The first-order valence-electron chi connectivity index (χ1n) is 9.30. The number of nitrogens with zero attached hydrogens (tertiary/aromatic N) is 2. The average molecular weight is 332 g/mol. The number of carbonyl (C=O) groups is 1. The SMILES string of the molecule is CCC(CC)(CN)C(=O)N(C)C1CCN(Cc2ccccc2)CC1. The van der Waals surface area contributed by atoms with Gasteiger partial charge in [0.25, 0.3) is 0 Å². The number of hydrogen-bond acceptors (Lipinski definition) is 3. The molecular weight excluding hydrogens is 298 g/mol. The van der Waals surface area contributed by atoms with Crippen LogP contribution in [-0.2, 0) is 11.3 Å². The molecule has 1 aliphatic rings. The van der Waals surface area contributed by atoms with Gasteiger partial charge in [-0.3, -0.25) is 9.69 Å². The van der Waals surface area contributed by atoms with Gasteiger partial charge in [-0.25, -0.2) is 0 Å². The van der Waals surface area contributed by atoms with Crippen LogP contribution in [0.2, 0.25) is 0 Å². The van der Waals surface area contributed by atoms with Crippen LogP contribution in [0.5, 0.6) is 0 Å². The van der Waals surface area contributed by atoms with Crippen LogP contribution in [-0.4, -0.2) is 48.4 Å². The van der Waals surface area contributed by atoms with Crippen LogP contribution in [0.25, 0.3) is 0 Å². The minimum absolute atomic E-state index is 0.233. The molecule has 1 heterocycles. The minimum Gasteiger partial charge on any atom is -0.342 e. The first-order valence-corrected chi connectivity index (χ1v) is 9.30. The summed E-state index contributed by atoms with van der Waals surface area (Å²) in [6.45, 7) is 7.68. The molecule has 134 valence electrons. The molecule has 4 heteroatoms. The van der Waals surface area contributed by atoms with Crippen LogP contribution >= 0.6 is 0 Å². The Balaban J connectivity index is 1.90. The second kappa shape index (κ2) is 8.63. The van der Waals surface area contributed by atoms with Gasteiger partial charge in [0, 0.05) is 39.3 Å². The van der Waals surface area contributed by atoms with E-state index in [1.807, 2.05) is 11.9 Å². The summed E-state index contributed by atoms with van der Waals surface area (Å²) in [6, 6.07) is 10.9. The Kier molecular flexibility index (Phi) is 6.81. The van der Waals surface area contributed by atoms with E-state index in [2.05, 4.69) is 49.1 Å². The van der Waals surface area contributed by atoms with Gasteiger partial charge < -0.3 is 10.6 Å². The molecule has 1 fully saturated rings. The summed E-state index contributed by atoms with van der Waals surface area (Å²) in [7, 11) is 1.97. The molecule has 0 aliphatic carbocycles. The van der Waals surface area contributed by atoms with E-state index in [0.29, 0.717) is 12.6 Å². The highest BCUT2D eigenvalue weighted by atomic mass is 16.2. The van der Waals surface area contributed by atoms with Crippen molar-refractivity contribution in [1.82, 2.24) is 9.80 Å². The number of benzene rings is 1. The molecule has 2 N–H and O–H groups in total. The van der Waals surface area contributed by atoms with Gasteiger partial charge in [-0.1, -0.05) is 44.2 Å². The summed E-state index contributed by atoms with van der Waals surface area (Å²) >= 11 is 0. The summed E-state index contributed by atoms with van der Waals surface area (Å²) in [5.41, 5.74) is 6.93. The Bertz CT molecular complexity index is 497. The maximum absolute atomic E-state index is 13.0. The lowest BCUT2D eigenvalue weighted by molar-refractivity contribution is -0.144. The van der Waals surface area contributed by atoms with E-state index in [4.69, 9.17) is 5.73 Å². The van der Waals surface area contributed by atoms with E-state index in [1.165, 1.54) is 5.56 Å². The zero-order valence-electron chi connectivity index (χ0n) is 15.5. The Labute approximate surface area is 147 Å². The van der Waals surface area contributed by atoms with Gasteiger partial charge in [0.05, 0.1) is 5.41 Å². The summed E-state index contributed by atoms with van der Waals surface area (Å²) in [4.78, 5) is 17.4. The molecule has 0 saturated carbocycles. The van der Waals surface area contributed by atoms with Crippen LogP contribution in [0, 0.1) is 5.41 Å². The number of hydrogen-bond donors (Lipinski definition) is 1. The Morgan fingerprint density at radius 1 is 1.21 bits per heavy atom. The first-order chi connectivity index (χ1) is 11.6. The normalized spacial score (nSPS) is 17.0. The van der Waals surface area contributed by atoms with E-state index >= 15 is 0 Å². The fourth-order valence-corrected chi connectivity index (χ4v) is 3.77. The van der Waals surface area contributed by atoms with E-state index < -0.39 is 0 Å². The number of piperidine rings is 1. The van der Waals surface area contributed by atoms with Crippen molar-refractivity contribution in [2.45, 2.75) is 52.1 Å². The third kappa shape index (κ3) is 4.17. The fraction of sp³-hybridized carbons (Fsp3) is 0.650. The molecule has 1 aromatic carbocycles. The average Bonchev–Trinajstić information content (AvgIpc) is 2.64. The van der Waals surface area contributed by atoms with E-state index in [0.717, 1.165) is 45.3 Å². The lowest BCUT2D eigenvalue weighted by Gasteiger charge is -2.41. The third-order valence-electron chi connectivity index (χ3n) is 5.87. The van der Waals surface area contributed by atoms with Crippen LogP contribution in [0.15, 0.2) is 30.3 Å². The number of carbonyl (C=O) groups excluding carboxylic acids is 1. The van der Waals surface area contributed by atoms with Crippen molar-refractivity contribution in [3.63, 3.8) is 0 Å². The zero-order chi connectivity index (χ0) is 17.6. The van der Waals surface area contributed by atoms with Crippen LogP contribution < -0.4 is 5.73 Å². The van der Waals surface area contributed by atoms with Crippen molar-refractivity contribution < 1.29 is 4.79 Å². The smallest absolute Gasteiger partial charge is 0.230 e. The first kappa shape index (κ1) is 18.9. The number of rotatable bonds is 7. The molecule has 4 nitrogen and oxygen atoms in total. The van der Waals surface area contributed by atoms with Crippen LogP contribution in [0.1, 0.15) is 45.1 Å². The quantitative estimate of drug-likeness (QED) is 0.836. The maximum Gasteiger partial charge on any atom is 0.230 e. The molecule has 1 amide bonds. The van der Waals surface area contributed by atoms with Crippen LogP contribution in [0.4, 0.5) is 0 Å². The molecule has 24 heavy (non-hydrogen) atoms. The van der Waals surface area contributed by atoms with Crippen molar-refractivity contribution in [2.24, 2.45) is 11.1 Å². The van der Waals surface area contributed by atoms with Crippen molar-refractivity contribution in [3.8, 4) is 0 Å².